The lowest BCUT2D eigenvalue weighted by Gasteiger charge is -2.32. The van der Waals surface area contributed by atoms with Gasteiger partial charge < -0.3 is 15.5 Å². The van der Waals surface area contributed by atoms with Gasteiger partial charge >= 0.3 is 0 Å². The van der Waals surface area contributed by atoms with Crippen LogP contribution in [-0.4, -0.2) is 41.8 Å². The average molecular weight is 223 g/mol. The fourth-order valence-corrected chi connectivity index (χ4v) is 1.50. The molecular formula is C11H17N3O2. The van der Waals surface area contributed by atoms with E-state index in [2.05, 4.69) is 0 Å². The molecule has 1 fully saturated rings. The minimum Gasteiger partial charge on any atom is -0.402 e. The number of rotatable bonds is 3. The first-order valence-electron chi connectivity index (χ1n) is 5.15. The summed E-state index contributed by atoms with van der Waals surface area (Å²) in [6, 6.07) is 0. The third kappa shape index (κ3) is 3.12. The van der Waals surface area contributed by atoms with E-state index in [0.717, 1.165) is 5.70 Å². The van der Waals surface area contributed by atoms with Crippen molar-refractivity contribution in [2.75, 3.05) is 19.6 Å². The number of hydrogen-bond acceptors (Lipinski definition) is 3. The smallest absolute Gasteiger partial charge is 0.246 e. The molecule has 16 heavy (non-hydrogen) atoms. The molecule has 0 bridgehead atoms. The molecule has 2 N–H and O–H groups in total. The molecular weight excluding hydrogens is 206 g/mol. The largest absolute Gasteiger partial charge is 0.402 e. The van der Waals surface area contributed by atoms with Crippen molar-refractivity contribution in [3.8, 4) is 0 Å². The molecule has 0 aromatic heterocycles. The zero-order chi connectivity index (χ0) is 12.1. The van der Waals surface area contributed by atoms with Gasteiger partial charge in [0.2, 0.25) is 12.3 Å². The molecule has 0 radical (unpaired) electrons. The molecule has 2 amide bonds. The fraction of sp³-hybridized carbons (Fsp3) is 0.455. The number of allylic oxidation sites excluding steroid dienone is 4. The predicted molar refractivity (Wildman–Crippen MR) is 61.1 cm³/mol. The van der Waals surface area contributed by atoms with Gasteiger partial charge in [-0.2, -0.15) is 0 Å². The lowest BCUT2D eigenvalue weighted by Crippen LogP contribution is -2.48. The summed E-state index contributed by atoms with van der Waals surface area (Å²) in [6.45, 7) is 4.91. The molecule has 0 spiro atoms. The molecule has 1 saturated heterocycles. The van der Waals surface area contributed by atoms with Crippen molar-refractivity contribution >= 4 is 12.3 Å². The molecule has 0 aromatic carbocycles. The summed E-state index contributed by atoms with van der Waals surface area (Å²) >= 11 is 0. The first-order valence-corrected chi connectivity index (χ1v) is 5.15. The zero-order valence-electron chi connectivity index (χ0n) is 9.64. The summed E-state index contributed by atoms with van der Waals surface area (Å²) in [5.74, 6) is -0.0600. The van der Waals surface area contributed by atoms with Crippen LogP contribution in [0, 0.1) is 0 Å². The number of nitrogens with two attached hydrogens (primary N) is 1. The topological polar surface area (TPSA) is 66.6 Å². The van der Waals surface area contributed by atoms with E-state index < -0.39 is 0 Å². The van der Waals surface area contributed by atoms with Gasteiger partial charge in [-0.1, -0.05) is 0 Å². The molecule has 0 unspecified atom stereocenters. The van der Waals surface area contributed by atoms with Crippen molar-refractivity contribution in [1.29, 1.82) is 0 Å². The minimum atomic E-state index is -0.0600. The number of carbonyl (C=O) groups is 2. The summed E-state index contributed by atoms with van der Waals surface area (Å²) in [6.07, 6.45) is 4.27. The van der Waals surface area contributed by atoms with Crippen LogP contribution in [0.3, 0.4) is 0 Å². The first kappa shape index (κ1) is 12.3. The van der Waals surface area contributed by atoms with Crippen LogP contribution in [0.15, 0.2) is 23.5 Å². The van der Waals surface area contributed by atoms with Crippen LogP contribution in [0.4, 0.5) is 0 Å². The Labute approximate surface area is 95.2 Å². The lowest BCUT2D eigenvalue weighted by molar-refractivity contribution is -0.138. The van der Waals surface area contributed by atoms with Gasteiger partial charge in [0.1, 0.15) is 0 Å². The number of hydrogen-bond donors (Lipinski definition) is 1. The molecule has 0 atom stereocenters. The van der Waals surface area contributed by atoms with Crippen molar-refractivity contribution in [3.05, 3.63) is 23.5 Å². The standard InChI is InChI=1S/C11H17N3O2/c1-9(12)3-4-10(2)14-6-5-13(8-15)7-11(14)16/h3-4,8H,5-7,12H2,1-2H3/b9-3-,10-4+. The maximum atomic E-state index is 11.7. The molecule has 1 rings (SSSR count). The van der Waals surface area contributed by atoms with Gasteiger partial charge in [0.05, 0.1) is 6.54 Å². The van der Waals surface area contributed by atoms with Crippen LogP contribution in [0.5, 0.6) is 0 Å². The third-order valence-electron chi connectivity index (χ3n) is 2.41. The van der Waals surface area contributed by atoms with Gasteiger partial charge in [-0.25, -0.2) is 0 Å². The Morgan fingerprint density at radius 1 is 1.31 bits per heavy atom. The first-order chi connectivity index (χ1) is 7.54. The summed E-state index contributed by atoms with van der Waals surface area (Å²) < 4.78 is 0. The van der Waals surface area contributed by atoms with Gasteiger partial charge in [0.25, 0.3) is 0 Å². The van der Waals surface area contributed by atoms with E-state index in [9.17, 15) is 9.59 Å². The van der Waals surface area contributed by atoms with Crippen LogP contribution < -0.4 is 5.73 Å². The molecule has 0 aliphatic carbocycles. The second-order valence-electron chi connectivity index (χ2n) is 3.84. The van der Waals surface area contributed by atoms with Crippen LogP contribution in [0.25, 0.3) is 0 Å². The summed E-state index contributed by atoms with van der Waals surface area (Å²) in [7, 11) is 0. The van der Waals surface area contributed by atoms with E-state index in [0.29, 0.717) is 25.2 Å². The quantitative estimate of drug-likeness (QED) is 0.543. The monoisotopic (exact) mass is 223 g/mol. The average Bonchev–Trinajstić information content (AvgIpc) is 2.25. The second-order valence-corrected chi connectivity index (χ2v) is 3.84. The summed E-state index contributed by atoms with van der Waals surface area (Å²) in [4.78, 5) is 25.3. The fourth-order valence-electron chi connectivity index (χ4n) is 1.50. The Balaban J connectivity index is 2.68. The Hall–Kier alpha value is -1.78. The molecule has 0 aromatic rings. The summed E-state index contributed by atoms with van der Waals surface area (Å²) in [5.41, 5.74) is 7.05. The molecule has 88 valence electrons. The van der Waals surface area contributed by atoms with E-state index in [4.69, 9.17) is 5.73 Å². The van der Waals surface area contributed by atoms with E-state index in [-0.39, 0.29) is 12.5 Å². The van der Waals surface area contributed by atoms with Gasteiger partial charge in [0.15, 0.2) is 0 Å². The van der Waals surface area contributed by atoms with Crippen molar-refractivity contribution in [1.82, 2.24) is 9.80 Å². The van der Waals surface area contributed by atoms with Crippen LogP contribution in [-0.2, 0) is 9.59 Å². The maximum absolute atomic E-state index is 11.7. The van der Waals surface area contributed by atoms with E-state index in [1.165, 1.54) is 4.90 Å². The van der Waals surface area contributed by atoms with Crippen molar-refractivity contribution < 1.29 is 9.59 Å². The second kappa shape index (κ2) is 5.34. The SMILES string of the molecule is C/C(N)=C/C=C(\C)N1CCN(C=O)CC1=O. The molecule has 5 heteroatoms. The van der Waals surface area contributed by atoms with E-state index in [1.54, 1.807) is 17.9 Å². The van der Waals surface area contributed by atoms with Crippen molar-refractivity contribution in [2.45, 2.75) is 13.8 Å². The van der Waals surface area contributed by atoms with E-state index in [1.807, 2.05) is 13.0 Å². The van der Waals surface area contributed by atoms with Crippen LogP contribution >= 0.6 is 0 Å². The number of carbonyl (C=O) groups excluding carboxylic acids is 2. The highest BCUT2D eigenvalue weighted by Gasteiger charge is 2.23. The van der Waals surface area contributed by atoms with E-state index >= 15 is 0 Å². The molecule has 5 nitrogen and oxygen atoms in total. The predicted octanol–water partition coefficient (Wildman–Crippen LogP) is 0.0533. The number of nitrogens with zero attached hydrogens (tertiary/aromatic N) is 2. The highest BCUT2D eigenvalue weighted by molar-refractivity contribution is 5.82. The molecule has 0 saturated carbocycles. The zero-order valence-corrected chi connectivity index (χ0v) is 9.64. The molecule has 1 heterocycles. The minimum absolute atomic E-state index is 0.0600. The normalized spacial score (nSPS) is 19.0. The highest BCUT2D eigenvalue weighted by Crippen LogP contribution is 2.09. The number of amides is 2. The Bertz CT molecular complexity index is 343. The molecule has 1 aliphatic rings. The number of piperazine rings is 1. The Morgan fingerprint density at radius 3 is 2.50 bits per heavy atom. The maximum Gasteiger partial charge on any atom is 0.246 e. The van der Waals surface area contributed by atoms with Gasteiger partial charge in [-0.15, -0.1) is 0 Å². The third-order valence-corrected chi connectivity index (χ3v) is 2.41. The Morgan fingerprint density at radius 2 is 2.00 bits per heavy atom. The van der Waals surface area contributed by atoms with Gasteiger partial charge in [-0.05, 0) is 26.0 Å². The Kier molecular flexibility index (Phi) is 4.10. The highest BCUT2D eigenvalue weighted by atomic mass is 16.2. The van der Waals surface area contributed by atoms with Crippen LogP contribution in [0.1, 0.15) is 13.8 Å². The lowest BCUT2D eigenvalue weighted by atomic mass is 10.2. The van der Waals surface area contributed by atoms with Crippen molar-refractivity contribution in [2.24, 2.45) is 5.73 Å². The van der Waals surface area contributed by atoms with Gasteiger partial charge in [-0.3, -0.25) is 9.59 Å². The summed E-state index contributed by atoms with van der Waals surface area (Å²) in [5, 5.41) is 0. The van der Waals surface area contributed by atoms with Gasteiger partial charge in [0, 0.05) is 24.5 Å². The van der Waals surface area contributed by atoms with Crippen LogP contribution in [0.2, 0.25) is 0 Å². The molecule has 1 aliphatic heterocycles. The van der Waals surface area contributed by atoms with Crippen molar-refractivity contribution in [3.63, 3.8) is 0 Å².